The fourth-order valence-electron chi connectivity index (χ4n) is 0.711. The maximum atomic E-state index is 11.0. The number of aromatic nitrogens is 2. The minimum atomic E-state index is -0.581. The Morgan fingerprint density at radius 2 is 1.93 bits per heavy atom. The first-order valence-electron chi connectivity index (χ1n) is 4.34. The van der Waals surface area contributed by atoms with Gasteiger partial charge in [0.2, 0.25) is 11.2 Å². The number of esters is 1. The minimum Gasteiger partial charge on any atom is -0.481 e. The van der Waals surface area contributed by atoms with Crippen molar-refractivity contribution in [3.63, 3.8) is 0 Å². The van der Waals surface area contributed by atoms with E-state index in [0.29, 0.717) is 0 Å². The molecule has 1 heterocycles. The van der Waals surface area contributed by atoms with Crippen molar-refractivity contribution in [2.75, 3.05) is 14.2 Å². The van der Waals surface area contributed by atoms with Gasteiger partial charge in [-0.1, -0.05) is 13.8 Å². The Balaban J connectivity index is 0.000000921. The van der Waals surface area contributed by atoms with Gasteiger partial charge in [0.15, 0.2) is 5.69 Å². The van der Waals surface area contributed by atoms with Crippen molar-refractivity contribution in [1.29, 1.82) is 0 Å². The van der Waals surface area contributed by atoms with Gasteiger partial charge in [0.25, 0.3) is 0 Å². The van der Waals surface area contributed by atoms with Crippen molar-refractivity contribution >= 4 is 17.6 Å². The SMILES string of the molecule is CC.COC(=O)c1cc(OC)nc(Cl)n1. The van der Waals surface area contributed by atoms with Crippen LogP contribution in [0.5, 0.6) is 5.88 Å². The van der Waals surface area contributed by atoms with Crippen molar-refractivity contribution in [1.82, 2.24) is 9.97 Å². The van der Waals surface area contributed by atoms with Crippen molar-refractivity contribution in [2.24, 2.45) is 0 Å². The monoisotopic (exact) mass is 232 g/mol. The molecule has 0 fully saturated rings. The van der Waals surface area contributed by atoms with Crippen LogP contribution >= 0.6 is 11.6 Å². The molecule has 15 heavy (non-hydrogen) atoms. The minimum absolute atomic E-state index is 0.0558. The van der Waals surface area contributed by atoms with Crippen molar-refractivity contribution in [3.05, 3.63) is 17.0 Å². The Hall–Kier alpha value is -1.36. The van der Waals surface area contributed by atoms with Gasteiger partial charge in [-0.25, -0.2) is 9.78 Å². The van der Waals surface area contributed by atoms with Crippen molar-refractivity contribution < 1.29 is 14.3 Å². The second-order valence-electron chi connectivity index (χ2n) is 2.06. The highest BCUT2D eigenvalue weighted by molar-refractivity contribution is 6.28. The summed E-state index contributed by atoms with van der Waals surface area (Å²) >= 11 is 5.52. The number of rotatable bonds is 2. The summed E-state index contributed by atoms with van der Waals surface area (Å²) in [5.41, 5.74) is 0.0688. The molecule has 0 atom stereocenters. The van der Waals surface area contributed by atoms with Gasteiger partial charge in [0.1, 0.15) is 0 Å². The summed E-state index contributed by atoms with van der Waals surface area (Å²) in [5.74, 6) is -0.358. The second-order valence-corrected chi connectivity index (χ2v) is 2.39. The van der Waals surface area contributed by atoms with E-state index in [2.05, 4.69) is 14.7 Å². The Kier molecular flexibility index (Phi) is 6.37. The van der Waals surface area contributed by atoms with Crippen LogP contribution in [0.1, 0.15) is 24.3 Å². The third-order valence-electron chi connectivity index (χ3n) is 1.28. The van der Waals surface area contributed by atoms with E-state index < -0.39 is 5.97 Å². The van der Waals surface area contributed by atoms with E-state index in [1.54, 1.807) is 0 Å². The predicted octanol–water partition coefficient (Wildman–Crippen LogP) is 1.95. The highest BCUT2D eigenvalue weighted by atomic mass is 35.5. The molecule has 0 bridgehead atoms. The van der Waals surface area contributed by atoms with Crippen LogP contribution in [0.25, 0.3) is 0 Å². The maximum Gasteiger partial charge on any atom is 0.356 e. The summed E-state index contributed by atoms with van der Waals surface area (Å²) < 4.78 is 9.23. The molecule has 0 N–H and O–H groups in total. The van der Waals surface area contributed by atoms with Gasteiger partial charge >= 0.3 is 5.97 Å². The lowest BCUT2D eigenvalue weighted by molar-refractivity contribution is 0.0593. The first-order valence-corrected chi connectivity index (χ1v) is 4.72. The van der Waals surface area contributed by atoms with Crippen molar-refractivity contribution in [3.8, 4) is 5.88 Å². The molecule has 0 saturated heterocycles. The molecule has 0 aromatic carbocycles. The molecule has 0 radical (unpaired) electrons. The molecular weight excluding hydrogens is 220 g/mol. The number of halogens is 1. The molecule has 0 spiro atoms. The Bertz CT molecular complexity index is 331. The van der Waals surface area contributed by atoms with Crippen LogP contribution in [0, 0.1) is 0 Å². The Labute approximate surface area is 93.4 Å². The molecule has 0 aliphatic carbocycles. The van der Waals surface area contributed by atoms with Gasteiger partial charge in [-0.2, -0.15) is 4.98 Å². The van der Waals surface area contributed by atoms with Gasteiger partial charge in [-0.15, -0.1) is 0 Å². The molecule has 5 nitrogen and oxygen atoms in total. The predicted molar refractivity (Wildman–Crippen MR) is 56.3 cm³/mol. The van der Waals surface area contributed by atoms with Gasteiger partial charge < -0.3 is 9.47 Å². The number of carbonyl (C=O) groups excluding carboxylic acids is 1. The molecular formula is C9H13ClN2O3. The molecule has 0 unspecified atom stereocenters. The summed E-state index contributed by atoms with van der Waals surface area (Å²) in [7, 11) is 2.67. The topological polar surface area (TPSA) is 61.3 Å². The van der Waals surface area contributed by atoms with Crippen LogP contribution in [-0.2, 0) is 4.74 Å². The number of carbonyl (C=O) groups is 1. The van der Waals surface area contributed by atoms with Gasteiger partial charge in [-0.05, 0) is 11.6 Å². The molecule has 0 aliphatic heterocycles. The van der Waals surface area contributed by atoms with E-state index in [1.165, 1.54) is 20.3 Å². The van der Waals surface area contributed by atoms with Crippen LogP contribution in [0.15, 0.2) is 6.07 Å². The average molecular weight is 233 g/mol. The van der Waals surface area contributed by atoms with Crippen LogP contribution in [0.4, 0.5) is 0 Å². The molecule has 84 valence electrons. The van der Waals surface area contributed by atoms with Gasteiger partial charge in [0.05, 0.1) is 14.2 Å². The molecule has 0 amide bonds. The zero-order valence-corrected chi connectivity index (χ0v) is 9.83. The Morgan fingerprint density at radius 3 is 2.40 bits per heavy atom. The third-order valence-corrected chi connectivity index (χ3v) is 1.45. The van der Waals surface area contributed by atoms with Crippen molar-refractivity contribution in [2.45, 2.75) is 13.8 Å². The van der Waals surface area contributed by atoms with E-state index in [-0.39, 0.29) is 16.9 Å². The van der Waals surface area contributed by atoms with E-state index in [4.69, 9.17) is 16.3 Å². The van der Waals surface area contributed by atoms with E-state index in [9.17, 15) is 4.79 Å². The number of methoxy groups -OCH3 is 2. The number of hydrogen-bond acceptors (Lipinski definition) is 5. The summed E-state index contributed by atoms with van der Waals surface area (Å²) in [5, 5.41) is -0.0558. The Morgan fingerprint density at radius 1 is 1.33 bits per heavy atom. The number of nitrogens with zero attached hydrogens (tertiary/aromatic N) is 2. The van der Waals surface area contributed by atoms with E-state index >= 15 is 0 Å². The van der Waals surface area contributed by atoms with E-state index in [0.717, 1.165) is 0 Å². The largest absolute Gasteiger partial charge is 0.481 e. The lowest BCUT2D eigenvalue weighted by atomic mass is 10.4. The van der Waals surface area contributed by atoms with Gasteiger partial charge in [-0.3, -0.25) is 0 Å². The zero-order chi connectivity index (χ0) is 11.8. The number of hydrogen-bond donors (Lipinski definition) is 0. The quantitative estimate of drug-likeness (QED) is 0.576. The maximum absolute atomic E-state index is 11.0. The molecule has 0 saturated carbocycles. The highest BCUT2D eigenvalue weighted by Gasteiger charge is 2.10. The summed E-state index contributed by atoms with van der Waals surface area (Å²) in [6, 6.07) is 1.34. The normalized spacial score (nSPS) is 8.60. The van der Waals surface area contributed by atoms with Crippen LogP contribution < -0.4 is 4.74 Å². The lowest BCUT2D eigenvalue weighted by Crippen LogP contribution is -2.05. The van der Waals surface area contributed by atoms with Crippen LogP contribution in [0.2, 0.25) is 5.28 Å². The molecule has 1 aromatic heterocycles. The molecule has 0 aliphatic rings. The molecule has 6 heteroatoms. The first-order chi connectivity index (χ1) is 7.17. The standard InChI is InChI=1S/C7H7ClN2O3.C2H6/c1-12-5-3-4(6(11)13-2)9-7(8)10-5;1-2/h3H,1-2H3;1-2H3. The van der Waals surface area contributed by atoms with Gasteiger partial charge in [0, 0.05) is 6.07 Å². The zero-order valence-electron chi connectivity index (χ0n) is 9.07. The lowest BCUT2D eigenvalue weighted by Gasteiger charge is -2.01. The fraction of sp³-hybridized carbons (Fsp3) is 0.444. The number of ether oxygens (including phenoxy) is 2. The van der Waals surface area contributed by atoms with Crippen LogP contribution in [0.3, 0.4) is 0 Å². The summed E-state index contributed by atoms with van der Waals surface area (Å²) in [6.07, 6.45) is 0. The summed E-state index contributed by atoms with van der Waals surface area (Å²) in [4.78, 5) is 18.4. The van der Waals surface area contributed by atoms with Crippen LogP contribution in [-0.4, -0.2) is 30.2 Å². The molecule has 1 rings (SSSR count). The average Bonchev–Trinajstić information content (AvgIpc) is 2.29. The van der Waals surface area contributed by atoms with E-state index in [1.807, 2.05) is 13.8 Å². The second kappa shape index (κ2) is 7.00. The summed E-state index contributed by atoms with van der Waals surface area (Å²) in [6.45, 7) is 4.00. The highest BCUT2D eigenvalue weighted by Crippen LogP contribution is 2.12. The first kappa shape index (κ1) is 13.6. The smallest absolute Gasteiger partial charge is 0.356 e. The third kappa shape index (κ3) is 4.12. The fourth-order valence-corrected chi connectivity index (χ4v) is 0.885. The molecule has 1 aromatic rings.